The number of nitrogens with zero attached hydrogens (tertiary/aromatic N) is 4. The molecule has 3 aromatic rings. The van der Waals surface area contributed by atoms with Gasteiger partial charge in [-0.1, -0.05) is 0 Å². The maximum absolute atomic E-state index is 13.2. The van der Waals surface area contributed by atoms with Gasteiger partial charge in [0, 0.05) is 26.2 Å². The number of hydrogen-bond donors (Lipinski definition) is 0. The highest BCUT2D eigenvalue weighted by Crippen LogP contribution is 2.26. The fourth-order valence-corrected chi connectivity index (χ4v) is 3.90. The van der Waals surface area contributed by atoms with Gasteiger partial charge in [0.15, 0.2) is 17.3 Å². The Balaban J connectivity index is 1.51. The van der Waals surface area contributed by atoms with Crippen LogP contribution in [0.3, 0.4) is 0 Å². The van der Waals surface area contributed by atoms with Gasteiger partial charge in [0.1, 0.15) is 5.03 Å². The number of carbonyl (C=O) groups is 2. The van der Waals surface area contributed by atoms with E-state index in [4.69, 9.17) is 8.83 Å². The Morgan fingerprint density at radius 1 is 0.966 bits per heavy atom. The van der Waals surface area contributed by atoms with Crippen LogP contribution in [0.5, 0.6) is 0 Å². The molecule has 0 saturated carbocycles. The molecule has 0 aromatic carbocycles. The summed E-state index contributed by atoms with van der Waals surface area (Å²) < 4.78 is 10.6. The predicted octanol–water partition coefficient (Wildman–Crippen LogP) is 2.96. The lowest BCUT2D eigenvalue weighted by Crippen LogP contribution is -2.50. The fourth-order valence-electron chi connectivity index (χ4n) is 3.28. The molecule has 4 rings (SSSR count). The largest absolute Gasteiger partial charge is 0.461 e. The molecule has 4 heterocycles. The molecule has 150 valence electrons. The molecule has 0 unspecified atom stereocenters. The molecular weight excluding hydrogens is 392 g/mol. The van der Waals surface area contributed by atoms with Gasteiger partial charge in [0.25, 0.3) is 11.8 Å². The third kappa shape index (κ3) is 3.77. The standard InChI is InChI=1S/C20H20N4O4S/c1-13-16(18(29-2)22-17(21-13)14-5-3-11-27-14)20(26)24-9-7-23(8-10-24)19(25)15-6-4-12-28-15/h3-6,11-12H,7-10H2,1-2H3. The quantitative estimate of drug-likeness (QED) is 0.480. The third-order valence-corrected chi connectivity index (χ3v) is 5.47. The minimum absolute atomic E-state index is 0.122. The number of piperazine rings is 1. The van der Waals surface area contributed by atoms with Crippen LogP contribution >= 0.6 is 11.8 Å². The molecule has 0 aliphatic carbocycles. The Morgan fingerprint density at radius 2 is 1.62 bits per heavy atom. The van der Waals surface area contributed by atoms with Crippen LogP contribution in [0.4, 0.5) is 0 Å². The summed E-state index contributed by atoms with van der Waals surface area (Å²) in [7, 11) is 0. The van der Waals surface area contributed by atoms with E-state index in [-0.39, 0.29) is 11.8 Å². The van der Waals surface area contributed by atoms with Crippen molar-refractivity contribution in [3.8, 4) is 11.6 Å². The average molecular weight is 412 g/mol. The van der Waals surface area contributed by atoms with E-state index >= 15 is 0 Å². The number of amides is 2. The van der Waals surface area contributed by atoms with Crippen LogP contribution in [0, 0.1) is 6.92 Å². The summed E-state index contributed by atoms with van der Waals surface area (Å²) in [4.78, 5) is 38.0. The SMILES string of the molecule is CSc1nc(-c2ccco2)nc(C)c1C(=O)N1CCN(C(=O)c2ccco2)CC1. The molecular formula is C20H20N4O4S. The molecule has 9 heteroatoms. The monoisotopic (exact) mass is 412 g/mol. The highest BCUT2D eigenvalue weighted by atomic mass is 32.2. The number of aromatic nitrogens is 2. The highest BCUT2D eigenvalue weighted by Gasteiger charge is 2.29. The summed E-state index contributed by atoms with van der Waals surface area (Å²) in [6, 6.07) is 6.89. The van der Waals surface area contributed by atoms with Crippen LogP contribution in [-0.4, -0.2) is 64.0 Å². The predicted molar refractivity (Wildman–Crippen MR) is 107 cm³/mol. The molecule has 0 N–H and O–H groups in total. The second-order valence-electron chi connectivity index (χ2n) is 6.56. The minimum Gasteiger partial charge on any atom is -0.461 e. The molecule has 3 aromatic heterocycles. The summed E-state index contributed by atoms with van der Waals surface area (Å²) in [6.45, 7) is 3.59. The van der Waals surface area contributed by atoms with Gasteiger partial charge >= 0.3 is 0 Å². The van der Waals surface area contributed by atoms with Crippen molar-refractivity contribution in [3.63, 3.8) is 0 Å². The van der Waals surface area contributed by atoms with Crippen molar-refractivity contribution in [2.45, 2.75) is 11.9 Å². The van der Waals surface area contributed by atoms with Gasteiger partial charge in [-0.15, -0.1) is 11.8 Å². The van der Waals surface area contributed by atoms with Gasteiger partial charge in [-0.05, 0) is 37.4 Å². The maximum Gasteiger partial charge on any atom is 0.289 e. The van der Waals surface area contributed by atoms with Crippen LogP contribution in [0.25, 0.3) is 11.6 Å². The lowest BCUT2D eigenvalue weighted by Gasteiger charge is -2.34. The van der Waals surface area contributed by atoms with Gasteiger partial charge < -0.3 is 18.6 Å². The van der Waals surface area contributed by atoms with Crippen LogP contribution in [-0.2, 0) is 0 Å². The minimum atomic E-state index is -0.158. The van der Waals surface area contributed by atoms with E-state index in [1.807, 2.05) is 6.26 Å². The van der Waals surface area contributed by atoms with E-state index in [2.05, 4.69) is 9.97 Å². The third-order valence-electron chi connectivity index (χ3n) is 4.79. The molecule has 1 saturated heterocycles. The molecule has 0 bridgehead atoms. The number of aryl methyl sites for hydroxylation is 1. The van der Waals surface area contributed by atoms with Gasteiger partial charge in [-0.3, -0.25) is 9.59 Å². The highest BCUT2D eigenvalue weighted by molar-refractivity contribution is 7.98. The molecule has 29 heavy (non-hydrogen) atoms. The second-order valence-corrected chi connectivity index (χ2v) is 7.35. The number of furan rings is 2. The fraction of sp³-hybridized carbons (Fsp3) is 0.300. The summed E-state index contributed by atoms with van der Waals surface area (Å²) in [5.41, 5.74) is 1.11. The Labute approximate surface area is 171 Å². The van der Waals surface area contributed by atoms with Gasteiger partial charge in [-0.2, -0.15) is 0 Å². The molecule has 1 fully saturated rings. The normalized spacial score (nSPS) is 14.3. The van der Waals surface area contributed by atoms with Gasteiger partial charge in [0.2, 0.25) is 0 Å². The summed E-state index contributed by atoms with van der Waals surface area (Å²) >= 11 is 1.40. The van der Waals surface area contributed by atoms with Crippen LogP contribution < -0.4 is 0 Å². The molecule has 0 radical (unpaired) electrons. The van der Waals surface area contributed by atoms with Crippen molar-refractivity contribution in [2.24, 2.45) is 0 Å². The number of thioether (sulfide) groups is 1. The zero-order valence-corrected chi connectivity index (χ0v) is 16.9. The van der Waals surface area contributed by atoms with Crippen molar-refractivity contribution in [1.29, 1.82) is 0 Å². The average Bonchev–Trinajstić information content (AvgIpc) is 3.46. The molecule has 0 spiro atoms. The van der Waals surface area contributed by atoms with Crippen molar-refractivity contribution >= 4 is 23.6 Å². The summed E-state index contributed by atoms with van der Waals surface area (Å²) in [6.07, 6.45) is 4.92. The molecule has 8 nitrogen and oxygen atoms in total. The molecule has 0 atom stereocenters. The Hall–Kier alpha value is -3.07. The first kappa shape index (κ1) is 19.3. The maximum atomic E-state index is 13.2. The zero-order valence-electron chi connectivity index (χ0n) is 16.1. The smallest absolute Gasteiger partial charge is 0.289 e. The van der Waals surface area contributed by atoms with Gasteiger partial charge in [0.05, 0.1) is 23.8 Å². The second kappa shape index (κ2) is 8.12. The molecule has 2 amide bonds. The van der Waals surface area contributed by atoms with Crippen molar-refractivity contribution < 1.29 is 18.4 Å². The number of hydrogen-bond acceptors (Lipinski definition) is 7. The lowest BCUT2D eigenvalue weighted by atomic mass is 10.2. The first-order valence-electron chi connectivity index (χ1n) is 9.17. The van der Waals surface area contributed by atoms with Crippen molar-refractivity contribution in [3.05, 3.63) is 53.8 Å². The first-order valence-corrected chi connectivity index (χ1v) is 10.4. The lowest BCUT2D eigenvalue weighted by molar-refractivity contribution is 0.0515. The first-order chi connectivity index (χ1) is 14.1. The van der Waals surface area contributed by atoms with E-state index in [9.17, 15) is 9.59 Å². The van der Waals surface area contributed by atoms with E-state index in [0.29, 0.717) is 59.8 Å². The Morgan fingerprint density at radius 3 is 2.21 bits per heavy atom. The van der Waals surface area contributed by atoms with Crippen LogP contribution in [0.2, 0.25) is 0 Å². The van der Waals surface area contributed by atoms with E-state index in [1.54, 1.807) is 47.3 Å². The number of carbonyl (C=O) groups excluding carboxylic acids is 2. The van der Waals surface area contributed by atoms with Crippen molar-refractivity contribution in [2.75, 3.05) is 32.4 Å². The van der Waals surface area contributed by atoms with Crippen molar-refractivity contribution in [1.82, 2.24) is 19.8 Å². The topological polar surface area (TPSA) is 92.7 Å². The Bertz CT molecular complexity index is 1010. The summed E-state index contributed by atoms with van der Waals surface area (Å²) in [5, 5.41) is 0.614. The zero-order chi connectivity index (χ0) is 20.4. The van der Waals surface area contributed by atoms with Crippen LogP contribution in [0.15, 0.2) is 50.7 Å². The summed E-state index contributed by atoms with van der Waals surface area (Å²) in [5.74, 6) is 1.05. The number of rotatable bonds is 4. The van der Waals surface area contributed by atoms with Gasteiger partial charge in [-0.25, -0.2) is 9.97 Å². The molecule has 1 aliphatic rings. The van der Waals surface area contributed by atoms with E-state index in [1.165, 1.54) is 18.0 Å². The van der Waals surface area contributed by atoms with Crippen LogP contribution in [0.1, 0.15) is 26.6 Å². The van der Waals surface area contributed by atoms with E-state index < -0.39 is 0 Å². The molecule has 1 aliphatic heterocycles. The van der Waals surface area contributed by atoms with E-state index in [0.717, 1.165) is 0 Å². The Kier molecular flexibility index (Phi) is 5.39.